The Bertz CT molecular complexity index is 251. The van der Waals surface area contributed by atoms with Gasteiger partial charge in [-0.1, -0.05) is 0 Å². The van der Waals surface area contributed by atoms with Gasteiger partial charge in [-0.3, -0.25) is 4.79 Å². The molecule has 1 aliphatic heterocycles. The second-order valence-corrected chi connectivity index (χ2v) is 4.89. The molecule has 1 saturated carbocycles. The van der Waals surface area contributed by atoms with E-state index in [-0.39, 0.29) is 18.1 Å². The summed E-state index contributed by atoms with van der Waals surface area (Å²) in [5.74, 6) is 0.0350. The number of rotatable bonds is 2. The van der Waals surface area contributed by atoms with Crippen molar-refractivity contribution in [3.05, 3.63) is 0 Å². The van der Waals surface area contributed by atoms with E-state index in [0.29, 0.717) is 0 Å². The zero-order valence-corrected chi connectivity index (χ0v) is 9.29. The third kappa shape index (κ3) is 2.32. The Labute approximate surface area is 90.5 Å². The fraction of sp³-hybridized carbons (Fsp3) is 0.909. The van der Waals surface area contributed by atoms with Gasteiger partial charge >= 0.3 is 0 Å². The highest BCUT2D eigenvalue weighted by molar-refractivity contribution is 5.87. The zero-order valence-electron chi connectivity index (χ0n) is 9.29. The number of hydrogen-bond donors (Lipinski definition) is 2. The van der Waals surface area contributed by atoms with E-state index < -0.39 is 5.54 Å². The fourth-order valence-electron chi connectivity index (χ4n) is 2.24. The standard InChI is InChI=1S/C11H20N2O2/c1-8-7-9(3-6-15-8)13-10(14)11(12)4-2-5-11/h8-9H,2-7,12H2,1H3,(H,13,14). The van der Waals surface area contributed by atoms with Crippen LogP contribution in [0.2, 0.25) is 0 Å². The Hall–Kier alpha value is -0.610. The van der Waals surface area contributed by atoms with Gasteiger partial charge < -0.3 is 15.8 Å². The topological polar surface area (TPSA) is 64.4 Å². The molecule has 3 N–H and O–H groups in total. The van der Waals surface area contributed by atoms with Crippen molar-refractivity contribution in [2.75, 3.05) is 6.61 Å². The summed E-state index contributed by atoms with van der Waals surface area (Å²) in [6.07, 6.45) is 4.80. The molecular formula is C11H20N2O2. The lowest BCUT2D eigenvalue weighted by molar-refractivity contribution is -0.130. The highest BCUT2D eigenvalue weighted by atomic mass is 16.5. The van der Waals surface area contributed by atoms with Crippen LogP contribution in [0.5, 0.6) is 0 Å². The summed E-state index contributed by atoms with van der Waals surface area (Å²) in [7, 11) is 0. The van der Waals surface area contributed by atoms with Crippen LogP contribution in [0, 0.1) is 0 Å². The number of nitrogens with two attached hydrogens (primary N) is 1. The molecule has 0 bridgehead atoms. The first kappa shape index (κ1) is 10.9. The zero-order chi connectivity index (χ0) is 10.9. The van der Waals surface area contributed by atoms with Crippen LogP contribution in [-0.4, -0.2) is 30.2 Å². The molecule has 0 aromatic heterocycles. The molecule has 0 aromatic carbocycles. The summed E-state index contributed by atoms with van der Waals surface area (Å²) in [4.78, 5) is 11.8. The van der Waals surface area contributed by atoms with E-state index in [9.17, 15) is 4.79 Å². The maximum Gasteiger partial charge on any atom is 0.240 e. The van der Waals surface area contributed by atoms with Gasteiger partial charge in [0.25, 0.3) is 0 Å². The Morgan fingerprint density at radius 2 is 2.27 bits per heavy atom. The van der Waals surface area contributed by atoms with E-state index in [1.165, 1.54) is 0 Å². The second kappa shape index (κ2) is 4.10. The molecule has 2 aliphatic rings. The van der Waals surface area contributed by atoms with Crippen molar-refractivity contribution in [2.45, 2.75) is 56.7 Å². The monoisotopic (exact) mass is 212 g/mol. The van der Waals surface area contributed by atoms with E-state index in [2.05, 4.69) is 5.32 Å². The van der Waals surface area contributed by atoms with Crippen molar-refractivity contribution in [3.8, 4) is 0 Å². The van der Waals surface area contributed by atoms with Gasteiger partial charge in [0.2, 0.25) is 5.91 Å². The summed E-state index contributed by atoms with van der Waals surface area (Å²) in [5, 5.41) is 3.05. The maximum atomic E-state index is 11.8. The van der Waals surface area contributed by atoms with Crippen molar-refractivity contribution < 1.29 is 9.53 Å². The van der Waals surface area contributed by atoms with Crippen LogP contribution in [0.3, 0.4) is 0 Å². The van der Waals surface area contributed by atoms with Gasteiger partial charge in [-0.2, -0.15) is 0 Å². The molecule has 0 aromatic rings. The molecule has 2 rings (SSSR count). The van der Waals surface area contributed by atoms with Crippen molar-refractivity contribution in [1.29, 1.82) is 0 Å². The Kier molecular flexibility index (Phi) is 2.98. The Morgan fingerprint density at radius 1 is 1.53 bits per heavy atom. The predicted octanol–water partition coefficient (Wildman–Crippen LogP) is 0.551. The molecule has 4 heteroatoms. The summed E-state index contributed by atoms with van der Waals surface area (Å²) < 4.78 is 5.43. The van der Waals surface area contributed by atoms with Gasteiger partial charge in [0.15, 0.2) is 0 Å². The van der Waals surface area contributed by atoms with Crippen LogP contribution in [0.1, 0.15) is 39.0 Å². The van der Waals surface area contributed by atoms with E-state index in [4.69, 9.17) is 10.5 Å². The van der Waals surface area contributed by atoms with Crippen LogP contribution in [-0.2, 0) is 9.53 Å². The summed E-state index contributed by atoms with van der Waals surface area (Å²) in [5.41, 5.74) is 5.39. The molecule has 1 amide bonds. The molecule has 2 fully saturated rings. The molecule has 1 aliphatic carbocycles. The van der Waals surface area contributed by atoms with Gasteiger partial charge in [-0.15, -0.1) is 0 Å². The largest absolute Gasteiger partial charge is 0.378 e. The highest BCUT2D eigenvalue weighted by Crippen LogP contribution is 2.29. The normalized spacial score (nSPS) is 34.3. The molecule has 0 spiro atoms. The van der Waals surface area contributed by atoms with E-state index in [1.807, 2.05) is 6.92 Å². The molecule has 1 saturated heterocycles. The summed E-state index contributed by atoms with van der Waals surface area (Å²) in [6.45, 7) is 2.78. The van der Waals surface area contributed by atoms with Crippen molar-refractivity contribution >= 4 is 5.91 Å². The molecule has 15 heavy (non-hydrogen) atoms. The van der Waals surface area contributed by atoms with Gasteiger partial charge in [-0.25, -0.2) is 0 Å². The lowest BCUT2D eigenvalue weighted by Gasteiger charge is -2.38. The third-order valence-electron chi connectivity index (χ3n) is 3.52. The first-order valence-electron chi connectivity index (χ1n) is 5.82. The molecule has 86 valence electrons. The van der Waals surface area contributed by atoms with Crippen LogP contribution in [0.4, 0.5) is 0 Å². The number of carbonyl (C=O) groups excluding carboxylic acids is 1. The molecule has 4 nitrogen and oxygen atoms in total. The Balaban J connectivity index is 1.83. The smallest absolute Gasteiger partial charge is 0.240 e. The van der Waals surface area contributed by atoms with E-state index in [0.717, 1.165) is 38.7 Å². The molecule has 1 heterocycles. The van der Waals surface area contributed by atoms with Crippen LogP contribution >= 0.6 is 0 Å². The lowest BCUT2D eigenvalue weighted by atomic mass is 9.77. The van der Waals surface area contributed by atoms with Crippen molar-refractivity contribution in [1.82, 2.24) is 5.32 Å². The number of ether oxygens (including phenoxy) is 1. The average molecular weight is 212 g/mol. The molecule has 0 radical (unpaired) electrons. The molecular weight excluding hydrogens is 192 g/mol. The molecule has 2 unspecified atom stereocenters. The average Bonchev–Trinajstić information content (AvgIpc) is 2.14. The third-order valence-corrected chi connectivity index (χ3v) is 3.52. The van der Waals surface area contributed by atoms with E-state index in [1.54, 1.807) is 0 Å². The number of hydrogen-bond acceptors (Lipinski definition) is 3. The van der Waals surface area contributed by atoms with Gasteiger partial charge in [0.05, 0.1) is 11.6 Å². The minimum atomic E-state index is -0.568. The first-order valence-corrected chi connectivity index (χ1v) is 5.82. The SMILES string of the molecule is CC1CC(NC(=O)C2(N)CCC2)CCO1. The van der Waals surface area contributed by atoms with Crippen LogP contribution < -0.4 is 11.1 Å². The van der Waals surface area contributed by atoms with Gasteiger partial charge in [-0.05, 0) is 39.0 Å². The van der Waals surface area contributed by atoms with Crippen LogP contribution in [0.15, 0.2) is 0 Å². The van der Waals surface area contributed by atoms with Gasteiger partial charge in [0.1, 0.15) is 0 Å². The summed E-state index contributed by atoms with van der Waals surface area (Å²) in [6, 6.07) is 0.252. The second-order valence-electron chi connectivity index (χ2n) is 4.89. The van der Waals surface area contributed by atoms with Gasteiger partial charge in [0, 0.05) is 12.6 Å². The quantitative estimate of drug-likeness (QED) is 0.702. The minimum absolute atomic E-state index is 0.0350. The fourth-order valence-corrected chi connectivity index (χ4v) is 2.24. The number of amides is 1. The van der Waals surface area contributed by atoms with E-state index >= 15 is 0 Å². The summed E-state index contributed by atoms with van der Waals surface area (Å²) >= 11 is 0. The van der Waals surface area contributed by atoms with Crippen molar-refractivity contribution in [3.63, 3.8) is 0 Å². The highest BCUT2D eigenvalue weighted by Gasteiger charge is 2.41. The minimum Gasteiger partial charge on any atom is -0.378 e. The van der Waals surface area contributed by atoms with Crippen LogP contribution in [0.25, 0.3) is 0 Å². The molecule has 2 atom stereocenters. The first-order chi connectivity index (χ1) is 7.10. The Morgan fingerprint density at radius 3 is 2.80 bits per heavy atom. The predicted molar refractivity (Wildman–Crippen MR) is 57.3 cm³/mol. The lowest BCUT2D eigenvalue weighted by Crippen LogP contribution is -2.60. The maximum absolute atomic E-state index is 11.8. The number of carbonyl (C=O) groups is 1. The number of nitrogens with one attached hydrogen (secondary N) is 1. The van der Waals surface area contributed by atoms with Crippen molar-refractivity contribution in [2.24, 2.45) is 5.73 Å².